The van der Waals surface area contributed by atoms with E-state index in [0.717, 1.165) is 36.8 Å². The van der Waals surface area contributed by atoms with E-state index >= 15 is 0 Å². The fourth-order valence-electron chi connectivity index (χ4n) is 2.59. The Morgan fingerprint density at radius 1 is 1.42 bits per heavy atom. The average molecular weight is 262 g/mol. The summed E-state index contributed by atoms with van der Waals surface area (Å²) in [5.74, 6) is 0.398. The number of aryl methyl sites for hydroxylation is 1. The van der Waals surface area contributed by atoms with Crippen LogP contribution in [-0.2, 0) is 0 Å². The second-order valence-corrected chi connectivity index (χ2v) is 5.60. The third-order valence-electron chi connectivity index (χ3n) is 3.97. The largest absolute Gasteiger partial charge is 0.508 e. The van der Waals surface area contributed by atoms with Gasteiger partial charge in [-0.15, -0.1) is 0 Å². The van der Waals surface area contributed by atoms with Crippen LogP contribution in [0.4, 0.5) is 0 Å². The lowest BCUT2D eigenvalue weighted by Crippen LogP contribution is -2.34. The molecule has 0 bridgehead atoms. The van der Waals surface area contributed by atoms with Gasteiger partial charge in [0.05, 0.1) is 0 Å². The molecule has 1 atom stereocenters. The smallest absolute Gasteiger partial charge is 0.120 e. The van der Waals surface area contributed by atoms with E-state index in [-0.39, 0.29) is 6.04 Å². The number of hydrogen-bond donors (Lipinski definition) is 2. The molecule has 2 rings (SSSR count). The summed E-state index contributed by atoms with van der Waals surface area (Å²) >= 11 is 0. The minimum Gasteiger partial charge on any atom is -0.508 e. The molecule has 2 N–H and O–H groups in total. The van der Waals surface area contributed by atoms with Gasteiger partial charge in [-0.05, 0) is 44.9 Å². The normalized spacial score (nSPS) is 16.8. The Kier molecular flexibility index (Phi) is 4.83. The topological polar surface area (TPSA) is 35.5 Å². The van der Waals surface area contributed by atoms with Crippen molar-refractivity contribution in [1.29, 1.82) is 0 Å². The number of hydrogen-bond acceptors (Lipinski definition) is 3. The van der Waals surface area contributed by atoms with Gasteiger partial charge in [-0.2, -0.15) is 0 Å². The van der Waals surface area contributed by atoms with Crippen LogP contribution in [0, 0.1) is 6.92 Å². The van der Waals surface area contributed by atoms with Gasteiger partial charge in [-0.1, -0.05) is 19.1 Å². The highest BCUT2D eigenvalue weighted by Gasteiger charge is 2.27. The second-order valence-electron chi connectivity index (χ2n) is 5.60. The zero-order valence-corrected chi connectivity index (χ0v) is 12.3. The molecular formula is C16H26N2O. The molecule has 3 heteroatoms. The number of benzene rings is 1. The van der Waals surface area contributed by atoms with Crippen LogP contribution in [0.1, 0.15) is 43.9 Å². The highest BCUT2D eigenvalue weighted by molar-refractivity contribution is 5.37. The molecule has 0 radical (unpaired) electrons. The first-order chi connectivity index (χ1) is 9.11. The number of phenolic OH excluding ortho intramolecular Hbond substituents is 1. The summed E-state index contributed by atoms with van der Waals surface area (Å²) in [5.41, 5.74) is 2.08. The summed E-state index contributed by atoms with van der Waals surface area (Å²) in [4.78, 5) is 2.54. The third-order valence-corrected chi connectivity index (χ3v) is 3.97. The molecule has 1 aromatic rings. The van der Waals surface area contributed by atoms with Gasteiger partial charge in [0.2, 0.25) is 0 Å². The quantitative estimate of drug-likeness (QED) is 0.793. The predicted octanol–water partition coefficient (Wildman–Crippen LogP) is 2.84. The zero-order chi connectivity index (χ0) is 13.8. The maximum Gasteiger partial charge on any atom is 0.120 e. The highest BCUT2D eigenvalue weighted by atomic mass is 16.3. The monoisotopic (exact) mass is 262 g/mol. The average Bonchev–Trinajstić information content (AvgIpc) is 3.18. The van der Waals surface area contributed by atoms with Gasteiger partial charge in [0.15, 0.2) is 0 Å². The van der Waals surface area contributed by atoms with E-state index in [0.29, 0.717) is 5.75 Å². The molecule has 3 nitrogen and oxygen atoms in total. The lowest BCUT2D eigenvalue weighted by Gasteiger charge is -2.22. The van der Waals surface area contributed by atoms with Crippen molar-refractivity contribution in [2.24, 2.45) is 0 Å². The van der Waals surface area contributed by atoms with Crippen LogP contribution in [0.15, 0.2) is 18.2 Å². The molecule has 1 fully saturated rings. The van der Waals surface area contributed by atoms with Crippen LogP contribution in [0.25, 0.3) is 0 Å². The van der Waals surface area contributed by atoms with E-state index < -0.39 is 0 Å². The number of phenols is 1. The van der Waals surface area contributed by atoms with Crippen molar-refractivity contribution in [3.63, 3.8) is 0 Å². The molecule has 19 heavy (non-hydrogen) atoms. The third kappa shape index (κ3) is 3.95. The van der Waals surface area contributed by atoms with Crippen molar-refractivity contribution in [2.75, 3.05) is 19.6 Å². The summed E-state index contributed by atoms with van der Waals surface area (Å²) < 4.78 is 0. The van der Waals surface area contributed by atoms with Crippen molar-refractivity contribution in [1.82, 2.24) is 10.2 Å². The Balaban J connectivity index is 1.81. The van der Waals surface area contributed by atoms with E-state index in [1.54, 1.807) is 0 Å². The molecule has 0 spiro atoms. The molecule has 1 aromatic carbocycles. The molecule has 0 aromatic heterocycles. The van der Waals surface area contributed by atoms with E-state index in [1.165, 1.54) is 12.8 Å². The molecule has 0 saturated heterocycles. The lowest BCUT2D eigenvalue weighted by molar-refractivity contribution is 0.273. The lowest BCUT2D eigenvalue weighted by atomic mass is 10.1. The highest BCUT2D eigenvalue weighted by Crippen LogP contribution is 2.27. The fraction of sp³-hybridized carbons (Fsp3) is 0.625. The molecule has 0 amide bonds. The van der Waals surface area contributed by atoms with Crippen LogP contribution in [0.3, 0.4) is 0 Å². The standard InChI is InChI=1S/C16H26N2O/c1-4-18(14-6-7-14)10-9-17-13(3)15-8-5-12(2)11-16(15)19/h5,8,11,13-14,17,19H,4,6-7,9-10H2,1-3H3. The molecular weight excluding hydrogens is 236 g/mol. The molecule has 106 valence electrons. The Hall–Kier alpha value is -1.06. The van der Waals surface area contributed by atoms with Crippen molar-refractivity contribution in [2.45, 2.75) is 45.7 Å². The minimum atomic E-state index is 0.193. The summed E-state index contributed by atoms with van der Waals surface area (Å²) in [6, 6.07) is 6.92. The Morgan fingerprint density at radius 3 is 2.74 bits per heavy atom. The van der Waals surface area contributed by atoms with Crippen LogP contribution >= 0.6 is 0 Å². The molecule has 1 saturated carbocycles. The summed E-state index contributed by atoms with van der Waals surface area (Å²) in [5, 5.41) is 13.5. The van der Waals surface area contributed by atoms with Crippen molar-refractivity contribution in [3.8, 4) is 5.75 Å². The number of nitrogens with zero attached hydrogens (tertiary/aromatic N) is 1. The van der Waals surface area contributed by atoms with Crippen molar-refractivity contribution >= 4 is 0 Å². The van der Waals surface area contributed by atoms with E-state index in [2.05, 4.69) is 30.1 Å². The number of aromatic hydroxyl groups is 1. The molecule has 1 aliphatic rings. The molecule has 0 heterocycles. The predicted molar refractivity (Wildman–Crippen MR) is 79.5 cm³/mol. The van der Waals surface area contributed by atoms with Gasteiger partial charge in [-0.3, -0.25) is 4.90 Å². The van der Waals surface area contributed by atoms with Gasteiger partial charge in [-0.25, -0.2) is 0 Å². The zero-order valence-electron chi connectivity index (χ0n) is 12.3. The first-order valence-electron chi connectivity index (χ1n) is 7.38. The number of nitrogens with one attached hydrogen (secondary N) is 1. The SMILES string of the molecule is CCN(CCNC(C)c1ccc(C)cc1O)C1CC1. The van der Waals surface area contributed by atoms with E-state index in [4.69, 9.17) is 0 Å². The number of rotatable bonds is 7. The molecule has 0 aliphatic heterocycles. The van der Waals surface area contributed by atoms with Crippen molar-refractivity contribution < 1.29 is 5.11 Å². The van der Waals surface area contributed by atoms with Gasteiger partial charge in [0.1, 0.15) is 5.75 Å². The minimum absolute atomic E-state index is 0.193. The van der Waals surface area contributed by atoms with Crippen LogP contribution in [-0.4, -0.2) is 35.7 Å². The van der Waals surface area contributed by atoms with E-state index in [9.17, 15) is 5.11 Å². The maximum atomic E-state index is 9.96. The first kappa shape index (κ1) is 14.4. The van der Waals surface area contributed by atoms with Gasteiger partial charge in [0, 0.05) is 30.7 Å². The van der Waals surface area contributed by atoms with Crippen molar-refractivity contribution in [3.05, 3.63) is 29.3 Å². The molecule has 1 unspecified atom stereocenters. The summed E-state index contributed by atoms with van der Waals surface area (Å²) in [7, 11) is 0. The summed E-state index contributed by atoms with van der Waals surface area (Å²) in [6.07, 6.45) is 2.73. The first-order valence-corrected chi connectivity index (χ1v) is 7.38. The Bertz CT molecular complexity index is 415. The fourth-order valence-corrected chi connectivity index (χ4v) is 2.59. The van der Waals surface area contributed by atoms with Gasteiger partial charge < -0.3 is 10.4 Å². The Morgan fingerprint density at radius 2 is 2.16 bits per heavy atom. The van der Waals surface area contributed by atoms with Crippen LogP contribution < -0.4 is 5.32 Å². The van der Waals surface area contributed by atoms with Gasteiger partial charge >= 0.3 is 0 Å². The van der Waals surface area contributed by atoms with E-state index in [1.807, 2.05) is 19.1 Å². The van der Waals surface area contributed by atoms with Crippen LogP contribution in [0.2, 0.25) is 0 Å². The maximum absolute atomic E-state index is 9.96. The second kappa shape index (κ2) is 6.40. The summed E-state index contributed by atoms with van der Waals surface area (Å²) in [6.45, 7) is 9.54. The molecule has 1 aliphatic carbocycles. The number of likely N-dealkylation sites (N-methyl/N-ethyl adjacent to an activating group) is 1. The van der Waals surface area contributed by atoms with Crippen LogP contribution in [0.5, 0.6) is 5.75 Å². The Labute approximate surface area is 116 Å². The van der Waals surface area contributed by atoms with Gasteiger partial charge in [0.25, 0.3) is 0 Å².